The molecule has 6 aliphatic rings. The van der Waals surface area contributed by atoms with Crippen LogP contribution in [0.15, 0.2) is 35.9 Å². The molecule has 0 amide bonds. The molecule has 2 heterocycles. The molecule has 0 radical (unpaired) electrons. The van der Waals surface area contributed by atoms with Crippen molar-refractivity contribution in [3.63, 3.8) is 0 Å². The molecule has 11 atom stereocenters. The summed E-state index contributed by atoms with van der Waals surface area (Å²) < 4.78 is 11.6. The van der Waals surface area contributed by atoms with Crippen LogP contribution in [0.4, 0.5) is 0 Å². The summed E-state index contributed by atoms with van der Waals surface area (Å²) in [5, 5.41) is 32.3. The largest absolute Gasteiger partial charge is 0.432 e. The number of fused-ring (bicyclic) bond motifs is 10. The van der Waals surface area contributed by atoms with Crippen LogP contribution in [0.5, 0.6) is 0 Å². The second kappa shape index (κ2) is 10.4. The van der Waals surface area contributed by atoms with Gasteiger partial charge in [-0.2, -0.15) is 0 Å². The van der Waals surface area contributed by atoms with E-state index in [0.717, 1.165) is 44.9 Å². The Morgan fingerprint density at radius 2 is 1.65 bits per heavy atom. The fraction of sp³-hybridized carbons (Fsp3) is 0.732. The van der Waals surface area contributed by atoms with Gasteiger partial charge < -0.3 is 29.8 Å². The van der Waals surface area contributed by atoms with Crippen molar-refractivity contribution in [2.24, 2.45) is 44.8 Å². The predicted octanol–water partition coefficient (Wildman–Crippen LogP) is 6.97. The first-order valence-electron chi connectivity index (χ1n) is 18.7. The monoisotopic (exact) mass is 659 g/mol. The number of para-hydroxylation sites is 1. The molecule has 4 fully saturated rings. The second-order valence-corrected chi connectivity index (χ2v) is 18.9. The van der Waals surface area contributed by atoms with Crippen LogP contribution in [0.25, 0.3) is 10.9 Å². The van der Waals surface area contributed by atoms with Gasteiger partial charge in [0, 0.05) is 22.0 Å². The molecule has 1 aliphatic heterocycles. The molecular formula is C41H57NO6. The van der Waals surface area contributed by atoms with Gasteiger partial charge in [-0.15, -0.1) is 0 Å². The maximum atomic E-state index is 14.4. The second-order valence-electron chi connectivity index (χ2n) is 18.9. The van der Waals surface area contributed by atoms with E-state index in [9.17, 15) is 20.1 Å². The number of hydrogen-bond acceptors (Lipinski definition) is 6. The molecular weight excluding hydrogens is 602 g/mol. The van der Waals surface area contributed by atoms with Crippen molar-refractivity contribution >= 4 is 16.9 Å². The minimum atomic E-state index is -1.48. The topological polar surface area (TPSA) is 112 Å². The summed E-state index contributed by atoms with van der Waals surface area (Å²) in [6, 6.07) is 8.85. The van der Waals surface area contributed by atoms with Crippen molar-refractivity contribution in [1.82, 2.24) is 4.98 Å². The van der Waals surface area contributed by atoms with Crippen LogP contribution in [-0.4, -0.2) is 57.5 Å². The first-order chi connectivity index (χ1) is 22.5. The highest BCUT2D eigenvalue weighted by Gasteiger charge is 2.69. The Balaban J connectivity index is 1.17. The van der Waals surface area contributed by atoms with E-state index in [2.05, 4.69) is 83.8 Å². The van der Waals surface area contributed by atoms with E-state index in [0.29, 0.717) is 11.8 Å². The lowest BCUT2D eigenvalue weighted by Crippen LogP contribution is -2.65. The van der Waals surface area contributed by atoms with Crippen molar-refractivity contribution in [2.45, 2.75) is 136 Å². The fourth-order valence-electron chi connectivity index (χ4n) is 13.0. The molecule has 0 unspecified atom stereocenters. The van der Waals surface area contributed by atoms with Gasteiger partial charge in [-0.25, -0.2) is 0 Å². The number of aliphatic hydroxyl groups is 3. The molecule has 1 aromatic carbocycles. The molecule has 1 saturated heterocycles. The third-order valence-electron chi connectivity index (χ3n) is 15.9. The quantitative estimate of drug-likeness (QED) is 0.205. The van der Waals surface area contributed by atoms with Gasteiger partial charge in [0.2, 0.25) is 6.29 Å². The summed E-state index contributed by atoms with van der Waals surface area (Å²) >= 11 is 0. The minimum Gasteiger partial charge on any atom is -0.432 e. The van der Waals surface area contributed by atoms with E-state index in [4.69, 9.17) is 9.47 Å². The van der Waals surface area contributed by atoms with Gasteiger partial charge in [0.05, 0.1) is 12.0 Å². The molecule has 7 nitrogen and oxygen atoms in total. The van der Waals surface area contributed by atoms with E-state index in [1.54, 1.807) is 0 Å². The number of carbonyl (C=O) groups excluding carboxylic acids is 1. The average Bonchev–Trinajstić information content (AvgIpc) is 3.40. The van der Waals surface area contributed by atoms with E-state index in [1.807, 2.05) is 0 Å². The Bertz CT molecular complexity index is 1670. The van der Waals surface area contributed by atoms with Gasteiger partial charge in [-0.3, -0.25) is 4.79 Å². The highest BCUT2D eigenvalue weighted by atomic mass is 16.7. The Morgan fingerprint density at radius 3 is 2.42 bits per heavy atom. The number of ether oxygens (including phenoxy) is 2. The first kappa shape index (κ1) is 33.0. The van der Waals surface area contributed by atoms with Gasteiger partial charge in [0.15, 0.2) is 0 Å². The van der Waals surface area contributed by atoms with Gasteiger partial charge in [-0.1, -0.05) is 78.3 Å². The number of benzene rings is 1. The number of H-pyrrole nitrogens is 1. The minimum absolute atomic E-state index is 0.0435. The van der Waals surface area contributed by atoms with Gasteiger partial charge in [0.1, 0.15) is 18.3 Å². The number of aromatic nitrogens is 1. The average molecular weight is 660 g/mol. The molecule has 4 N–H and O–H groups in total. The molecule has 1 aromatic heterocycles. The molecule has 48 heavy (non-hydrogen) atoms. The highest BCUT2D eigenvalue weighted by Crippen LogP contribution is 2.75. The van der Waals surface area contributed by atoms with E-state index in [1.165, 1.54) is 40.6 Å². The van der Waals surface area contributed by atoms with Crippen LogP contribution in [0.2, 0.25) is 0 Å². The molecule has 5 aliphatic carbocycles. The standard InChI is InChI=1S/C41H57NO6/c1-36(2)16-18-41(35(46)48-34-32(45)31(44)28(43)22-47-34)19-17-39(6)25(26(41)21-36)12-13-30-38(5)20-24-23-10-8-9-11-27(23)42-33(24)37(3,4)29(38)14-15-40(30,39)7/h8-12,26,28-32,34,42-45H,13-22H2,1-7H3/t26-,28+,29-,30+,31-,32+,34-,38-,39+,40+,41-/m0/s1. The van der Waals surface area contributed by atoms with E-state index in [-0.39, 0.29) is 45.6 Å². The van der Waals surface area contributed by atoms with E-state index >= 15 is 0 Å². The summed E-state index contributed by atoms with van der Waals surface area (Å²) in [5.74, 6) is 0.829. The molecule has 0 bridgehead atoms. The van der Waals surface area contributed by atoms with Crippen LogP contribution in [0.1, 0.15) is 111 Å². The third-order valence-corrected chi connectivity index (χ3v) is 15.9. The Kier molecular flexibility index (Phi) is 7.17. The zero-order valence-electron chi connectivity index (χ0n) is 30.1. The van der Waals surface area contributed by atoms with Crippen LogP contribution < -0.4 is 0 Å². The normalized spacial score (nSPS) is 45.9. The number of carbonyl (C=O) groups is 1. The summed E-state index contributed by atoms with van der Waals surface area (Å²) in [6.45, 7) is 17.2. The van der Waals surface area contributed by atoms with E-state index < -0.39 is 30.0 Å². The number of aliphatic hydroxyl groups excluding tert-OH is 3. The van der Waals surface area contributed by atoms with Crippen LogP contribution in [-0.2, 0) is 26.1 Å². The van der Waals surface area contributed by atoms with Gasteiger partial charge >= 0.3 is 5.97 Å². The third kappa shape index (κ3) is 4.23. The van der Waals surface area contributed by atoms with Crippen molar-refractivity contribution in [3.05, 3.63) is 47.2 Å². The van der Waals surface area contributed by atoms with Crippen LogP contribution >= 0.6 is 0 Å². The predicted molar refractivity (Wildman–Crippen MR) is 185 cm³/mol. The van der Waals surface area contributed by atoms with Crippen LogP contribution in [0, 0.1) is 44.8 Å². The Labute approximate surface area is 285 Å². The molecule has 8 rings (SSSR count). The number of esters is 1. The molecule has 2 aromatic rings. The Hall–Kier alpha value is -2.19. The zero-order chi connectivity index (χ0) is 34.2. The zero-order valence-corrected chi connectivity index (χ0v) is 30.1. The number of nitrogens with one attached hydrogen (secondary N) is 1. The number of hydrogen-bond donors (Lipinski definition) is 4. The lowest BCUT2D eigenvalue weighted by Gasteiger charge is -2.70. The van der Waals surface area contributed by atoms with Crippen molar-refractivity contribution in [1.29, 1.82) is 0 Å². The number of allylic oxidation sites excluding steroid dienone is 2. The smallest absolute Gasteiger partial charge is 0.315 e. The summed E-state index contributed by atoms with van der Waals surface area (Å²) in [5.41, 5.74) is 5.29. The maximum absolute atomic E-state index is 14.4. The molecule has 3 saturated carbocycles. The van der Waals surface area contributed by atoms with Crippen molar-refractivity contribution in [2.75, 3.05) is 6.61 Å². The van der Waals surface area contributed by atoms with Crippen molar-refractivity contribution in [3.8, 4) is 0 Å². The maximum Gasteiger partial charge on any atom is 0.315 e. The lowest BCUT2D eigenvalue weighted by atomic mass is 9.33. The summed E-state index contributed by atoms with van der Waals surface area (Å²) in [6.07, 6.45) is 5.96. The Morgan fingerprint density at radius 1 is 0.917 bits per heavy atom. The molecule has 0 spiro atoms. The van der Waals surface area contributed by atoms with Crippen LogP contribution in [0.3, 0.4) is 0 Å². The highest BCUT2D eigenvalue weighted by molar-refractivity contribution is 5.85. The van der Waals surface area contributed by atoms with Crippen molar-refractivity contribution < 1.29 is 29.6 Å². The first-order valence-corrected chi connectivity index (χ1v) is 18.7. The summed E-state index contributed by atoms with van der Waals surface area (Å²) in [7, 11) is 0. The fourth-order valence-corrected chi connectivity index (χ4v) is 13.0. The SMILES string of the molecule is CC1(C)CC[C@]2(C(=O)O[C@@H]3OC[C@@H](O)[C@H](O)[C@H]3O)CC[C@]3(C)C(=CC[C@@H]4[C@@]5(C)Cc6c([nH]c7ccccc67)C(C)(C)[C@@H]5CC[C@]43C)[C@@H]2C1. The van der Waals surface area contributed by atoms with Gasteiger partial charge in [0.25, 0.3) is 0 Å². The summed E-state index contributed by atoms with van der Waals surface area (Å²) in [4.78, 5) is 18.3. The number of aromatic amines is 1. The molecule has 7 heteroatoms. The lowest BCUT2D eigenvalue weighted by molar-refractivity contribution is -0.270. The molecule has 262 valence electrons. The number of rotatable bonds is 2. The van der Waals surface area contributed by atoms with Gasteiger partial charge in [-0.05, 0) is 109 Å².